The van der Waals surface area contributed by atoms with Crippen LogP contribution in [0.25, 0.3) is 0 Å². The smallest absolute Gasteiger partial charge is 0.272 e. The molecular formula is C14H19ClN2O2. The molecule has 0 heterocycles. The molecule has 2 unspecified atom stereocenters. The zero-order chi connectivity index (χ0) is 13.8. The van der Waals surface area contributed by atoms with Gasteiger partial charge in [0.25, 0.3) is 5.69 Å². The lowest BCUT2D eigenvalue weighted by atomic mass is 9.80. The van der Waals surface area contributed by atoms with Crippen LogP contribution < -0.4 is 5.32 Å². The van der Waals surface area contributed by atoms with Crippen molar-refractivity contribution >= 4 is 17.3 Å². The number of halogens is 1. The molecule has 0 spiro atoms. The summed E-state index contributed by atoms with van der Waals surface area (Å²) in [5.41, 5.74) is 0.939. The van der Waals surface area contributed by atoms with Gasteiger partial charge in [0.15, 0.2) is 0 Å². The molecule has 1 aliphatic rings. The van der Waals surface area contributed by atoms with E-state index in [-0.39, 0.29) is 10.6 Å². The van der Waals surface area contributed by atoms with Crippen LogP contribution in [0.3, 0.4) is 0 Å². The van der Waals surface area contributed by atoms with Crippen LogP contribution in [0.2, 0.25) is 5.02 Å². The number of rotatable bonds is 4. The van der Waals surface area contributed by atoms with Crippen LogP contribution >= 0.6 is 11.6 Å². The molecule has 0 bridgehead atoms. The second kappa shape index (κ2) is 6.35. The summed E-state index contributed by atoms with van der Waals surface area (Å²) in [5.74, 6) is 0.455. The molecule has 2 rings (SSSR count). The van der Waals surface area contributed by atoms with Crippen LogP contribution in [0.1, 0.15) is 31.2 Å². The zero-order valence-electron chi connectivity index (χ0n) is 11.1. The molecule has 5 heteroatoms. The molecule has 0 amide bonds. The average molecular weight is 283 g/mol. The Labute approximate surface area is 118 Å². The fraction of sp³-hybridized carbons (Fsp3) is 0.571. The van der Waals surface area contributed by atoms with Crippen molar-refractivity contribution in [2.75, 3.05) is 7.05 Å². The highest BCUT2D eigenvalue weighted by molar-refractivity contribution is 6.30. The van der Waals surface area contributed by atoms with Gasteiger partial charge >= 0.3 is 0 Å². The van der Waals surface area contributed by atoms with E-state index in [0.29, 0.717) is 17.0 Å². The number of hydrogen-bond acceptors (Lipinski definition) is 3. The molecule has 0 aliphatic heterocycles. The van der Waals surface area contributed by atoms with Crippen molar-refractivity contribution in [2.24, 2.45) is 5.92 Å². The van der Waals surface area contributed by atoms with E-state index < -0.39 is 0 Å². The Morgan fingerprint density at radius 2 is 2.16 bits per heavy atom. The summed E-state index contributed by atoms with van der Waals surface area (Å²) in [4.78, 5) is 10.8. The maximum Gasteiger partial charge on any atom is 0.272 e. The average Bonchev–Trinajstić information content (AvgIpc) is 2.39. The zero-order valence-corrected chi connectivity index (χ0v) is 11.8. The van der Waals surface area contributed by atoms with Crippen LogP contribution in [0.4, 0.5) is 5.69 Å². The summed E-state index contributed by atoms with van der Waals surface area (Å²) < 4.78 is 0. The summed E-state index contributed by atoms with van der Waals surface area (Å²) in [6.07, 6.45) is 5.43. The lowest BCUT2D eigenvalue weighted by Gasteiger charge is -2.31. The predicted octanol–water partition coefficient (Wildman–Crippen LogP) is 3.57. The summed E-state index contributed by atoms with van der Waals surface area (Å²) in [6, 6.07) is 5.28. The SMILES string of the molecule is CNC1CCCCC1Cc1cc(Cl)ccc1[N+](=O)[O-]. The molecule has 0 saturated heterocycles. The molecule has 1 aromatic carbocycles. The van der Waals surface area contributed by atoms with Gasteiger partial charge < -0.3 is 5.32 Å². The number of nitro groups is 1. The quantitative estimate of drug-likeness (QED) is 0.678. The first kappa shape index (κ1) is 14.3. The highest BCUT2D eigenvalue weighted by Gasteiger charge is 2.26. The molecule has 1 saturated carbocycles. The Morgan fingerprint density at radius 1 is 1.42 bits per heavy atom. The summed E-state index contributed by atoms with van der Waals surface area (Å²) in [7, 11) is 1.97. The van der Waals surface area contributed by atoms with Crippen LogP contribution in [0.5, 0.6) is 0 Å². The van der Waals surface area contributed by atoms with Crippen molar-refractivity contribution < 1.29 is 4.92 Å². The second-order valence-corrected chi connectivity index (χ2v) is 5.61. The normalized spacial score (nSPS) is 23.3. The Hall–Kier alpha value is -1.13. The Balaban J connectivity index is 2.21. The standard InChI is InChI=1S/C14H19ClN2O2/c1-16-13-5-3-2-4-10(13)8-11-9-12(15)6-7-14(11)17(18)19/h6-7,9-10,13,16H,2-5,8H2,1H3. The third kappa shape index (κ3) is 3.45. The van der Waals surface area contributed by atoms with Gasteiger partial charge in [-0.3, -0.25) is 10.1 Å². The van der Waals surface area contributed by atoms with E-state index in [2.05, 4.69) is 5.32 Å². The number of nitrogens with zero attached hydrogens (tertiary/aromatic N) is 1. The van der Waals surface area contributed by atoms with Gasteiger partial charge in [0, 0.05) is 22.7 Å². The third-order valence-corrected chi connectivity index (χ3v) is 4.24. The number of hydrogen-bond donors (Lipinski definition) is 1. The minimum Gasteiger partial charge on any atom is -0.317 e. The van der Waals surface area contributed by atoms with Gasteiger partial charge in [-0.05, 0) is 44.4 Å². The van der Waals surface area contributed by atoms with E-state index in [4.69, 9.17) is 11.6 Å². The fourth-order valence-electron chi connectivity index (χ4n) is 3.01. The number of benzene rings is 1. The summed E-state index contributed by atoms with van der Waals surface area (Å²) in [6.45, 7) is 0. The first-order chi connectivity index (χ1) is 9.11. The van der Waals surface area contributed by atoms with E-state index in [9.17, 15) is 10.1 Å². The van der Waals surface area contributed by atoms with Crippen molar-refractivity contribution in [3.8, 4) is 0 Å². The molecule has 1 fully saturated rings. The van der Waals surface area contributed by atoms with Crippen molar-refractivity contribution in [3.05, 3.63) is 38.9 Å². The molecule has 0 aromatic heterocycles. The van der Waals surface area contributed by atoms with Gasteiger partial charge in [-0.2, -0.15) is 0 Å². The minimum atomic E-state index is -0.317. The predicted molar refractivity (Wildman–Crippen MR) is 76.6 cm³/mol. The number of nitrogens with one attached hydrogen (secondary N) is 1. The van der Waals surface area contributed by atoms with Crippen LogP contribution in [0.15, 0.2) is 18.2 Å². The van der Waals surface area contributed by atoms with Crippen molar-refractivity contribution in [1.82, 2.24) is 5.32 Å². The maximum absolute atomic E-state index is 11.1. The van der Waals surface area contributed by atoms with Crippen LogP contribution in [0, 0.1) is 16.0 Å². The molecule has 1 aromatic rings. The third-order valence-electron chi connectivity index (χ3n) is 4.00. The lowest BCUT2D eigenvalue weighted by Crippen LogP contribution is -2.37. The van der Waals surface area contributed by atoms with E-state index in [1.54, 1.807) is 12.1 Å². The van der Waals surface area contributed by atoms with Gasteiger partial charge in [0.1, 0.15) is 0 Å². The molecule has 19 heavy (non-hydrogen) atoms. The minimum absolute atomic E-state index is 0.185. The monoisotopic (exact) mass is 282 g/mol. The first-order valence-electron chi connectivity index (χ1n) is 6.72. The van der Waals surface area contributed by atoms with Crippen molar-refractivity contribution in [2.45, 2.75) is 38.1 Å². The second-order valence-electron chi connectivity index (χ2n) is 5.17. The highest BCUT2D eigenvalue weighted by Crippen LogP contribution is 2.31. The Morgan fingerprint density at radius 3 is 2.84 bits per heavy atom. The molecular weight excluding hydrogens is 264 g/mol. The summed E-state index contributed by atoms with van der Waals surface area (Å²) in [5, 5.41) is 15.0. The first-order valence-corrected chi connectivity index (χ1v) is 7.09. The van der Waals surface area contributed by atoms with Gasteiger partial charge in [-0.1, -0.05) is 24.4 Å². The largest absolute Gasteiger partial charge is 0.317 e. The van der Waals surface area contributed by atoms with E-state index in [0.717, 1.165) is 24.8 Å². The fourth-order valence-corrected chi connectivity index (χ4v) is 3.20. The molecule has 4 nitrogen and oxygen atoms in total. The molecule has 104 valence electrons. The Kier molecular flexibility index (Phi) is 4.77. The Bertz CT molecular complexity index is 465. The van der Waals surface area contributed by atoms with Gasteiger partial charge in [0.05, 0.1) is 4.92 Å². The maximum atomic E-state index is 11.1. The van der Waals surface area contributed by atoms with Gasteiger partial charge in [0.2, 0.25) is 0 Å². The lowest BCUT2D eigenvalue weighted by molar-refractivity contribution is -0.385. The van der Waals surface area contributed by atoms with E-state index >= 15 is 0 Å². The van der Waals surface area contributed by atoms with Crippen LogP contribution in [-0.4, -0.2) is 18.0 Å². The topological polar surface area (TPSA) is 55.2 Å². The van der Waals surface area contributed by atoms with Crippen LogP contribution in [-0.2, 0) is 6.42 Å². The van der Waals surface area contributed by atoms with E-state index in [1.807, 2.05) is 7.05 Å². The van der Waals surface area contributed by atoms with Crippen molar-refractivity contribution in [1.29, 1.82) is 0 Å². The van der Waals surface area contributed by atoms with Crippen molar-refractivity contribution in [3.63, 3.8) is 0 Å². The molecule has 2 atom stereocenters. The van der Waals surface area contributed by atoms with E-state index in [1.165, 1.54) is 18.9 Å². The summed E-state index contributed by atoms with van der Waals surface area (Å²) >= 11 is 5.97. The molecule has 0 radical (unpaired) electrons. The molecule has 1 N–H and O–H groups in total. The highest BCUT2D eigenvalue weighted by atomic mass is 35.5. The van der Waals surface area contributed by atoms with Gasteiger partial charge in [-0.25, -0.2) is 0 Å². The number of nitro benzene ring substituents is 1. The molecule has 1 aliphatic carbocycles. The van der Waals surface area contributed by atoms with Gasteiger partial charge in [-0.15, -0.1) is 0 Å².